The molecule has 0 atom stereocenters. The number of rotatable bonds is 2. The molecular formula is C18H17NOS. The van der Waals surface area contributed by atoms with Crippen molar-refractivity contribution in [3.8, 4) is 17.6 Å². The standard InChI is InChI=1S/C18H17NOS/c1-19(2)18(21)17-13-16(20-3)12-11-15(17)10-9-14-7-5-4-6-8-14/h4-8,11-13H,1-3H3. The summed E-state index contributed by atoms with van der Waals surface area (Å²) >= 11 is 5.47. The highest BCUT2D eigenvalue weighted by atomic mass is 32.1. The number of methoxy groups -OCH3 is 1. The van der Waals surface area contributed by atoms with Gasteiger partial charge in [0.1, 0.15) is 10.7 Å². The number of benzene rings is 2. The Hall–Kier alpha value is -2.31. The van der Waals surface area contributed by atoms with E-state index in [1.807, 2.05) is 67.5 Å². The molecule has 0 saturated heterocycles. The van der Waals surface area contributed by atoms with Crippen LogP contribution in [0.1, 0.15) is 16.7 Å². The van der Waals surface area contributed by atoms with Gasteiger partial charge in [-0.1, -0.05) is 42.3 Å². The Labute approximate surface area is 131 Å². The third-order valence-electron chi connectivity index (χ3n) is 2.98. The summed E-state index contributed by atoms with van der Waals surface area (Å²) in [5, 5.41) is 0. The van der Waals surface area contributed by atoms with E-state index in [9.17, 15) is 0 Å². The molecule has 0 saturated carbocycles. The average Bonchev–Trinajstić information content (AvgIpc) is 2.53. The highest BCUT2D eigenvalue weighted by molar-refractivity contribution is 7.80. The molecular weight excluding hydrogens is 278 g/mol. The van der Waals surface area contributed by atoms with Crippen molar-refractivity contribution < 1.29 is 4.74 Å². The fourth-order valence-corrected chi connectivity index (χ4v) is 2.01. The third kappa shape index (κ3) is 3.84. The summed E-state index contributed by atoms with van der Waals surface area (Å²) in [6, 6.07) is 15.7. The largest absolute Gasteiger partial charge is 0.497 e. The molecule has 106 valence electrons. The summed E-state index contributed by atoms with van der Waals surface area (Å²) in [6.45, 7) is 0. The van der Waals surface area contributed by atoms with Crippen molar-refractivity contribution in [2.75, 3.05) is 21.2 Å². The zero-order valence-electron chi connectivity index (χ0n) is 12.4. The monoisotopic (exact) mass is 295 g/mol. The van der Waals surface area contributed by atoms with Crippen LogP contribution in [0.25, 0.3) is 0 Å². The Morgan fingerprint density at radius 1 is 1.05 bits per heavy atom. The molecule has 0 fully saturated rings. The average molecular weight is 295 g/mol. The molecule has 0 aliphatic heterocycles. The fraction of sp³-hybridized carbons (Fsp3) is 0.167. The maximum Gasteiger partial charge on any atom is 0.119 e. The number of hydrogen-bond acceptors (Lipinski definition) is 2. The van der Waals surface area contributed by atoms with Gasteiger partial charge in [-0.3, -0.25) is 0 Å². The molecule has 0 unspecified atom stereocenters. The lowest BCUT2D eigenvalue weighted by Crippen LogP contribution is -2.21. The lowest BCUT2D eigenvalue weighted by atomic mass is 10.1. The van der Waals surface area contributed by atoms with Gasteiger partial charge in [-0.15, -0.1) is 0 Å². The minimum absolute atomic E-state index is 0.742. The van der Waals surface area contributed by atoms with E-state index in [1.54, 1.807) is 7.11 Å². The summed E-state index contributed by atoms with van der Waals surface area (Å²) in [5.74, 6) is 7.14. The predicted molar refractivity (Wildman–Crippen MR) is 90.8 cm³/mol. The van der Waals surface area contributed by atoms with Gasteiger partial charge in [0.25, 0.3) is 0 Å². The fourth-order valence-electron chi connectivity index (χ4n) is 1.84. The molecule has 2 nitrogen and oxygen atoms in total. The molecule has 0 aromatic heterocycles. The van der Waals surface area contributed by atoms with Crippen molar-refractivity contribution in [2.24, 2.45) is 0 Å². The first-order chi connectivity index (χ1) is 10.1. The molecule has 3 heteroatoms. The Morgan fingerprint density at radius 2 is 1.76 bits per heavy atom. The Kier molecular flexibility index (Phi) is 4.97. The first-order valence-electron chi connectivity index (χ1n) is 6.58. The zero-order valence-corrected chi connectivity index (χ0v) is 13.2. The topological polar surface area (TPSA) is 12.5 Å². The highest BCUT2D eigenvalue weighted by Crippen LogP contribution is 2.19. The van der Waals surface area contributed by atoms with Crippen LogP contribution in [0.15, 0.2) is 48.5 Å². The summed E-state index contributed by atoms with van der Waals surface area (Å²) in [6.07, 6.45) is 0. The van der Waals surface area contributed by atoms with Gasteiger partial charge in [-0.05, 0) is 30.3 Å². The molecule has 0 aliphatic carbocycles. The smallest absolute Gasteiger partial charge is 0.119 e. The maximum absolute atomic E-state index is 5.47. The van der Waals surface area contributed by atoms with E-state index < -0.39 is 0 Å². The summed E-state index contributed by atoms with van der Waals surface area (Å²) in [4.78, 5) is 2.64. The molecule has 2 aromatic carbocycles. The first kappa shape index (κ1) is 15.1. The van der Waals surface area contributed by atoms with Crippen LogP contribution in [-0.2, 0) is 0 Å². The van der Waals surface area contributed by atoms with Gasteiger partial charge in [-0.25, -0.2) is 0 Å². The van der Waals surface area contributed by atoms with Crippen LogP contribution in [0.5, 0.6) is 5.75 Å². The van der Waals surface area contributed by atoms with Gasteiger partial charge in [-0.2, -0.15) is 0 Å². The van der Waals surface area contributed by atoms with Crippen molar-refractivity contribution in [2.45, 2.75) is 0 Å². The number of thiocarbonyl (C=S) groups is 1. The molecule has 2 rings (SSSR count). The summed E-state index contributed by atoms with van der Waals surface area (Å²) in [7, 11) is 5.50. The molecule has 2 aromatic rings. The van der Waals surface area contributed by atoms with E-state index in [0.717, 1.165) is 27.4 Å². The van der Waals surface area contributed by atoms with E-state index in [0.29, 0.717) is 0 Å². The second kappa shape index (κ2) is 6.92. The molecule has 0 N–H and O–H groups in total. The SMILES string of the molecule is COc1ccc(C#Cc2ccccc2)c(C(=S)N(C)C)c1. The van der Waals surface area contributed by atoms with Gasteiger partial charge >= 0.3 is 0 Å². The van der Waals surface area contributed by atoms with Crippen LogP contribution in [0.2, 0.25) is 0 Å². The lowest BCUT2D eigenvalue weighted by Gasteiger charge is -2.16. The van der Waals surface area contributed by atoms with Crippen LogP contribution < -0.4 is 4.74 Å². The summed E-state index contributed by atoms with van der Waals surface area (Å²) in [5.41, 5.74) is 2.80. The van der Waals surface area contributed by atoms with E-state index >= 15 is 0 Å². The van der Waals surface area contributed by atoms with Crippen molar-refractivity contribution in [1.29, 1.82) is 0 Å². The highest BCUT2D eigenvalue weighted by Gasteiger charge is 2.09. The Balaban J connectivity index is 2.44. The van der Waals surface area contributed by atoms with Gasteiger partial charge in [0.15, 0.2) is 0 Å². The van der Waals surface area contributed by atoms with Crippen LogP contribution in [0.4, 0.5) is 0 Å². The Morgan fingerprint density at radius 3 is 2.38 bits per heavy atom. The van der Waals surface area contributed by atoms with Crippen LogP contribution in [0, 0.1) is 11.8 Å². The minimum Gasteiger partial charge on any atom is -0.497 e. The molecule has 0 heterocycles. The van der Waals surface area contributed by atoms with Crippen LogP contribution >= 0.6 is 12.2 Å². The number of nitrogens with zero attached hydrogens (tertiary/aromatic N) is 1. The normalized spacial score (nSPS) is 9.48. The van der Waals surface area contributed by atoms with Gasteiger partial charge in [0.2, 0.25) is 0 Å². The molecule has 0 amide bonds. The molecule has 0 spiro atoms. The number of ether oxygens (including phenoxy) is 1. The van der Waals surface area contributed by atoms with Gasteiger partial charge in [0, 0.05) is 30.8 Å². The van der Waals surface area contributed by atoms with E-state index in [2.05, 4.69) is 11.8 Å². The minimum atomic E-state index is 0.742. The van der Waals surface area contributed by atoms with Crippen LogP contribution in [0.3, 0.4) is 0 Å². The number of hydrogen-bond donors (Lipinski definition) is 0. The van der Waals surface area contributed by atoms with Crippen molar-refractivity contribution in [3.05, 3.63) is 65.2 Å². The lowest BCUT2D eigenvalue weighted by molar-refractivity contribution is 0.414. The summed E-state index contributed by atoms with van der Waals surface area (Å²) < 4.78 is 5.28. The quantitative estimate of drug-likeness (QED) is 0.623. The first-order valence-corrected chi connectivity index (χ1v) is 6.99. The predicted octanol–water partition coefficient (Wildman–Crippen LogP) is 3.33. The van der Waals surface area contributed by atoms with E-state index in [4.69, 9.17) is 17.0 Å². The zero-order chi connectivity index (χ0) is 15.2. The van der Waals surface area contributed by atoms with E-state index in [-0.39, 0.29) is 0 Å². The molecule has 0 bridgehead atoms. The molecule has 0 aliphatic rings. The van der Waals surface area contributed by atoms with Gasteiger partial charge < -0.3 is 9.64 Å². The van der Waals surface area contributed by atoms with E-state index in [1.165, 1.54) is 0 Å². The second-order valence-corrected chi connectivity index (χ2v) is 5.11. The molecule has 0 radical (unpaired) electrons. The maximum atomic E-state index is 5.47. The van der Waals surface area contributed by atoms with Crippen molar-refractivity contribution in [1.82, 2.24) is 4.90 Å². The molecule has 21 heavy (non-hydrogen) atoms. The van der Waals surface area contributed by atoms with Crippen molar-refractivity contribution in [3.63, 3.8) is 0 Å². The van der Waals surface area contributed by atoms with Crippen molar-refractivity contribution >= 4 is 17.2 Å². The second-order valence-electron chi connectivity index (χ2n) is 4.73. The Bertz CT molecular complexity index is 696. The van der Waals surface area contributed by atoms with Crippen LogP contribution in [-0.4, -0.2) is 31.1 Å². The van der Waals surface area contributed by atoms with Gasteiger partial charge in [0.05, 0.1) is 7.11 Å². The third-order valence-corrected chi connectivity index (χ3v) is 3.56.